The summed E-state index contributed by atoms with van der Waals surface area (Å²) >= 11 is 6.08. The second-order valence-electron chi connectivity index (χ2n) is 7.77. The lowest BCUT2D eigenvalue weighted by Gasteiger charge is -2.04. The number of hydrogen-bond acceptors (Lipinski definition) is 7. The number of hydrogen-bond donors (Lipinski definition) is 0. The Labute approximate surface area is 175 Å². The van der Waals surface area contributed by atoms with Crippen LogP contribution in [0.3, 0.4) is 0 Å². The molecule has 30 heavy (non-hydrogen) atoms. The van der Waals surface area contributed by atoms with E-state index >= 15 is 0 Å². The minimum Gasteiger partial charge on any atom is -0.337 e. The first-order valence-electron chi connectivity index (χ1n) is 9.60. The number of rotatable bonds is 4. The maximum Gasteiger partial charge on any atom is 0.280 e. The van der Waals surface area contributed by atoms with E-state index in [2.05, 4.69) is 31.2 Å². The number of aromatic nitrogens is 7. The SMILES string of the molecule is Cn1cnc2ncn(Cc3nc([C@@H]4[C@H]5C=C(c6cc(Cl)ccn6)C[C@H]54)no3)c(=O)c21. The van der Waals surface area contributed by atoms with Gasteiger partial charge in [0.1, 0.15) is 12.9 Å². The Bertz CT molecular complexity index is 1390. The monoisotopic (exact) mass is 421 g/mol. The predicted octanol–water partition coefficient (Wildman–Crippen LogP) is 2.43. The summed E-state index contributed by atoms with van der Waals surface area (Å²) in [5.74, 6) is 2.18. The lowest BCUT2D eigenvalue weighted by Crippen LogP contribution is -2.22. The molecule has 0 saturated heterocycles. The van der Waals surface area contributed by atoms with Crippen molar-refractivity contribution in [1.29, 1.82) is 0 Å². The Kier molecular flexibility index (Phi) is 3.70. The summed E-state index contributed by atoms with van der Waals surface area (Å²) < 4.78 is 8.53. The van der Waals surface area contributed by atoms with Crippen molar-refractivity contribution in [3.05, 3.63) is 69.8 Å². The molecule has 1 fully saturated rings. The maximum atomic E-state index is 12.7. The highest BCUT2D eigenvalue weighted by molar-refractivity contribution is 6.30. The molecule has 0 N–H and O–H groups in total. The van der Waals surface area contributed by atoms with Crippen molar-refractivity contribution in [3.63, 3.8) is 0 Å². The van der Waals surface area contributed by atoms with Crippen molar-refractivity contribution in [1.82, 2.24) is 34.2 Å². The first-order chi connectivity index (χ1) is 14.6. The molecule has 0 aliphatic heterocycles. The largest absolute Gasteiger partial charge is 0.337 e. The lowest BCUT2D eigenvalue weighted by molar-refractivity contribution is 0.364. The first-order valence-corrected chi connectivity index (χ1v) is 9.98. The number of imidazole rings is 1. The van der Waals surface area contributed by atoms with E-state index in [-0.39, 0.29) is 18.0 Å². The molecule has 4 aromatic heterocycles. The molecule has 150 valence electrons. The topological polar surface area (TPSA) is 105 Å². The zero-order chi connectivity index (χ0) is 20.4. The van der Waals surface area contributed by atoms with Gasteiger partial charge in [0.2, 0.25) is 5.89 Å². The van der Waals surface area contributed by atoms with Crippen LogP contribution in [0, 0.1) is 11.8 Å². The van der Waals surface area contributed by atoms with Gasteiger partial charge in [-0.1, -0.05) is 22.8 Å². The van der Waals surface area contributed by atoms with Gasteiger partial charge in [-0.15, -0.1) is 0 Å². The highest BCUT2D eigenvalue weighted by Crippen LogP contribution is 2.62. The molecule has 2 aliphatic rings. The van der Waals surface area contributed by atoms with Crippen molar-refractivity contribution in [2.45, 2.75) is 18.9 Å². The molecule has 4 heterocycles. The smallest absolute Gasteiger partial charge is 0.280 e. The van der Waals surface area contributed by atoms with Gasteiger partial charge in [-0.2, -0.15) is 4.98 Å². The summed E-state index contributed by atoms with van der Waals surface area (Å²) in [7, 11) is 1.76. The quantitative estimate of drug-likeness (QED) is 0.498. The molecule has 4 aromatic rings. The summed E-state index contributed by atoms with van der Waals surface area (Å²) in [4.78, 5) is 29.9. The molecule has 1 saturated carbocycles. The molecule has 0 bridgehead atoms. The van der Waals surface area contributed by atoms with Crippen LogP contribution in [0.5, 0.6) is 0 Å². The fourth-order valence-corrected chi connectivity index (χ4v) is 4.54. The van der Waals surface area contributed by atoms with Crippen molar-refractivity contribution in [2.24, 2.45) is 18.9 Å². The van der Waals surface area contributed by atoms with Gasteiger partial charge in [-0.05, 0) is 36.0 Å². The third kappa shape index (κ3) is 2.69. The van der Waals surface area contributed by atoms with Gasteiger partial charge in [0, 0.05) is 24.2 Å². The normalized spacial score (nSPS) is 22.3. The van der Waals surface area contributed by atoms with E-state index in [1.807, 2.05) is 6.07 Å². The van der Waals surface area contributed by atoms with Crippen LogP contribution in [0.1, 0.15) is 29.7 Å². The maximum absolute atomic E-state index is 12.7. The molecule has 0 amide bonds. The van der Waals surface area contributed by atoms with E-state index in [0.29, 0.717) is 39.7 Å². The zero-order valence-electron chi connectivity index (χ0n) is 15.9. The van der Waals surface area contributed by atoms with E-state index in [1.165, 1.54) is 16.5 Å². The fraction of sp³-hybridized carbons (Fsp3) is 0.300. The molecule has 2 aliphatic carbocycles. The van der Waals surface area contributed by atoms with Crippen LogP contribution in [0.15, 0.2) is 46.4 Å². The van der Waals surface area contributed by atoms with Gasteiger partial charge in [0.25, 0.3) is 5.56 Å². The van der Waals surface area contributed by atoms with Crippen molar-refractivity contribution in [2.75, 3.05) is 0 Å². The van der Waals surface area contributed by atoms with Crippen LogP contribution in [-0.2, 0) is 13.6 Å². The number of nitrogens with zero attached hydrogens (tertiary/aromatic N) is 7. The van der Waals surface area contributed by atoms with Crippen LogP contribution in [0.25, 0.3) is 16.7 Å². The predicted molar refractivity (Wildman–Crippen MR) is 108 cm³/mol. The highest BCUT2D eigenvalue weighted by atomic mass is 35.5. The van der Waals surface area contributed by atoms with Crippen LogP contribution < -0.4 is 5.56 Å². The minimum atomic E-state index is -0.190. The first kappa shape index (κ1) is 17.5. The van der Waals surface area contributed by atoms with Crippen LogP contribution in [-0.4, -0.2) is 34.2 Å². The molecule has 0 spiro atoms. The van der Waals surface area contributed by atoms with E-state index in [9.17, 15) is 4.79 Å². The van der Waals surface area contributed by atoms with Crippen molar-refractivity contribution in [3.8, 4) is 0 Å². The standard InChI is InChI=1S/C20H16ClN7O2/c1-27-8-23-19-17(27)20(29)28(9-24-19)7-15-25-18(26-30-15)16-12-4-10(5-13(12)16)14-6-11(21)2-3-22-14/h2-4,6,8-9,12-13,16H,5,7H2,1H3/t12-,13+,16+/m0/s1. The summed E-state index contributed by atoms with van der Waals surface area (Å²) in [6, 6.07) is 3.67. The second kappa shape index (κ2) is 6.33. The summed E-state index contributed by atoms with van der Waals surface area (Å²) in [6.07, 6.45) is 7.92. The number of halogens is 1. The summed E-state index contributed by atoms with van der Waals surface area (Å²) in [5, 5.41) is 4.85. The van der Waals surface area contributed by atoms with E-state index in [1.54, 1.807) is 30.2 Å². The molecule has 3 atom stereocenters. The Hall–Kier alpha value is -3.33. The van der Waals surface area contributed by atoms with E-state index in [0.717, 1.165) is 12.1 Å². The molecular weight excluding hydrogens is 406 g/mol. The zero-order valence-corrected chi connectivity index (χ0v) is 16.7. The van der Waals surface area contributed by atoms with Gasteiger partial charge in [0.05, 0.1) is 12.0 Å². The molecule has 9 nitrogen and oxygen atoms in total. The van der Waals surface area contributed by atoms with Gasteiger partial charge in [-0.25, -0.2) is 9.97 Å². The third-order valence-electron chi connectivity index (χ3n) is 5.92. The van der Waals surface area contributed by atoms with Crippen molar-refractivity contribution < 1.29 is 4.52 Å². The molecule has 0 radical (unpaired) electrons. The lowest BCUT2D eigenvalue weighted by atomic mass is 10.1. The highest BCUT2D eigenvalue weighted by Gasteiger charge is 2.55. The molecule has 6 rings (SSSR count). The van der Waals surface area contributed by atoms with Gasteiger partial charge in [0.15, 0.2) is 17.0 Å². The fourth-order valence-electron chi connectivity index (χ4n) is 4.38. The Morgan fingerprint density at radius 1 is 1.27 bits per heavy atom. The van der Waals surface area contributed by atoms with E-state index < -0.39 is 0 Å². The number of fused-ring (bicyclic) bond motifs is 2. The van der Waals surface area contributed by atoms with E-state index in [4.69, 9.17) is 16.1 Å². The molecule has 10 heteroatoms. The summed E-state index contributed by atoms with van der Waals surface area (Å²) in [5.41, 5.74) is 2.83. The van der Waals surface area contributed by atoms with Crippen LogP contribution in [0.2, 0.25) is 5.02 Å². The van der Waals surface area contributed by atoms with Gasteiger partial charge in [-0.3, -0.25) is 14.3 Å². The Morgan fingerprint density at radius 3 is 2.93 bits per heavy atom. The third-order valence-corrected chi connectivity index (χ3v) is 6.15. The Balaban J connectivity index is 1.21. The van der Waals surface area contributed by atoms with Gasteiger partial charge < -0.3 is 9.09 Å². The van der Waals surface area contributed by atoms with Crippen molar-refractivity contribution >= 4 is 28.3 Å². The second-order valence-corrected chi connectivity index (χ2v) is 8.21. The average molecular weight is 422 g/mol. The molecule has 0 aromatic carbocycles. The van der Waals surface area contributed by atoms with Crippen LogP contribution in [0.4, 0.5) is 0 Å². The molecular formula is C20H16ClN7O2. The number of aryl methyl sites for hydroxylation is 1. The minimum absolute atomic E-state index is 0.176. The number of pyridine rings is 1. The Morgan fingerprint density at radius 2 is 2.13 bits per heavy atom. The van der Waals surface area contributed by atoms with Gasteiger partial charge >= 0.3 is 0 Å². The average Bonchev–Trinajstić information content (AvgIpc) is 3.16. The summed E-state index contributed by atoms with van der Waals surface area (Å²) in [6.45, 7) is 0.176. The number of allylic oxidation sites excluding steroid dienone is 2. The van der Waals surface area contributed by atoms with Crippen LogP contribution >= 0.6 is 11.6 Å². The molecule has 0 unspecified atom stereocenters.